The summed E-state index contributed by atoms with van der Waals surface area (Å²) in [6, 6.07) is 22.9. The van der Waals surface area contributed by atoms with Crippen molar-refractivity contribution in [3.63, 3.8) is 0 Å². The normalized spacial score (nSPS) is 19.4. The number of carbonyl (C=O) groups is 1. The number of methoxy groups -OCH3 is 1. The monoisotopic (exact) mass is 462 g/mol. The van der Waals surface area contributed by atoms with Gasteiger partial charge >= 0.3 is 0 Å². The third kappa shape index (κ3) is 3.27. The van der Waals surface area contributed by atoms with E-state index in [4.69, 9.17) is 14.6 Å². The molecule has 2 aliphatic rings. The minimum atomic E-state index is -0.804. The zero-order valence-electron chi connectivity index (χ0n) is 16.3. The van der Waals surface area contributed by atoms with E-state index in [0.717, 1.165) is 32.8 Å². The van der Waals surface area contributed by atoms with Crippen molar-refractivity contribution in [2.45, 2.75) is 18.7 Å². The molecule has 0 radical (unpaired) electrons. The molecule has 3 aromatic carbocycles. The van der Waals surface area contributed by atoms with Crippen LogP contribution in [0.15, 0.2) is 82.4 Å². The number of hydrazone groups is 1. The van der Waals surface area contributed by atoms with Gasteiger partial charge in [0.25, 0.3) is 6.23 Å². The number of fused-ring (bicyclic) bond motifs is 3. The summed E-state index contributed by atoms with van der Waals surface area (Å²) in [7, 11) is 1.65. The van der Waals surface area contributed by atoms with Crippen LogP contribution in [0.3, 0.4) is 0 Å². The number of hydrogen-bond donors (Lipinski definition) is 0. The molecule has 0 unspecified atom stereocenters. The van der Waals surface area contributed by atoms with Crippen LogP contribution in [0.5, 0.6) is 11.5 Å². The van der Waals surface area contributed by atoms with E-state index >= 15 is 0 Å². The topological polar surface area (TPSA) is 51.1 Å². The van der Waals surface area contributed by atoms with Crippen molar-refractivity contribution in [3.05, 3.63) is 94.0 Å². The molecule has 0 spiro atoms. The van der Waals surface area contributed by atoms with Crippen molar-refractivity contribution in [1.29, 1.82) is 0 Å². The Morgan fingerprint density at radius 2 is 1.87 bits per heavy atom. The number of Topliss-reactive ketones (excluding diaryl/α,β-unsaturated/α-hetero) is 1. The highest BCUT2D eigenvalue weighted by atomic mass is 79.9. The Morgan fingerprint density at radius 1 is 1.10 bits per heavy atom. The molecule has 150 valence electrons. The van der Waals surface area contributed by atoms with E-state index < -0.39 is 6.23 Å². The number of halogens is 1. The molecule has 0 saturated heterocycles. The molecule has 2 aliphatic heterocycles. The van der Waals surface area contributed by atoms with E-state index in [0.29, 0.717) is 12.0 Å². The maximum atomic E-state index is 13.3. The third-order valence-corrected chi connectivity index (χ3v) is 5.95. The van der Waals surface area contributed by atoms with Crippen molar-refractivity contribution >= 4 is 27.4 Å². The summed E-state index contributed by atoms with van der Waals surface area (Å²) in [6.07, 6.45) is -0.112. The zero-order valence-corrected chi connectivity index (χ0v) is 17.9. The van der Waals surface area contributed by atoms with Crippen molar-refractivity contribution in [3.8, 4) is 11.5 Å². The van der Waals surface area contributed by atoms with Gasteiger partial charge in [-0.3, -0.25) is 4.79 Å². The first-order valence-corrected chi connectivity index (χ1v) is 10.5. The molecule has 5 rings (SSSR count). The Kier molecular flexibility index (Phi) is 4.79. The molecular weight excluding hydrogens is 444 g/mol. The first kappa shape index (κ1) is 18.9. The van der Waals surface area contributed by atoms with Crippen LogP contribution < -0.4 is 9.47 Å². The minimum Gasteiger partial charge on any atom is -0.497 e. The lowest BCUT2D eigenvalue weighted by Crippen LogP contribution is -2.45. The van der Waals surface area contributed by atoms with Crippen molar-refractivity contribution in [1.82, 2.24) is 5.01 Å². The first-order chi connectivity index (χ1) is 14.6. The van der Waals surface area contributed by atoms with Gasteiger partial charge in [0.05, 0.1) is 18.9 Å². The summed E-state index contributed by atoms with van der Waals surface area (Å²) >= 11 is 3.55. The summed E-state index contributed by atoms with van der Waals surface area (Å²) in [5.41, 5.74) is 3.56. The lowest BCUT2D eigenvalue weighted by atomic mass is 9.96. The van der Waals surface area contributed by atoms with Crippen LogP contribution in [0.1, 0.15) is 33.9 Å². The molecule has 0 N–H and O–H groups in total. The lowest BCUT2D eigenvalue weighted by molar-refractivity contribution is -0.00459. The predicted molar refractivity (Wildman–Crippen MR) is 118 cm³/mol. The number of nitrogens with zero attached hydrogens (tertiary/aromatic N) is 2. The number of rotatable bonds is 4. The van der Waals surface area contributed by atoms with Gasteiger partial charge in [-0.25, -0.2) is 5.01 Å². The molecule has 3 aromatic rings. The van der Waals surface area contributed by atoms with Crippen molar-refractivity contribution < 1.29 is 14.3 Å². The molecule has 30 heavy (non-hydrogen) atoms. The van der Waals surface area contributed by atoms with E-state index in [1.807, 2.05) is 77.8 Å². The number of hydrogen-bond acceptors (Lipinski definition) is 5. The quantitative estimate of drug-likeness (QED) is 0.499. The fourth-order valence-electron chi connectivity index (χ4n) is 3.93. The molecule has 2 heterocycles. The smallest absolute Gasteiger partial charge is 0.251 e. The molecule has 0 fully saturated rings. The van der Waals surface area contributed by atoms with Crippen LogP contribution in [-0.2, 0) is 0 Å². The summed E-state index contributed by atoms with van der Waals surface area (Å²) in [4.78, 5) is 13.3. The fourth-order valence-corrected chi connectivity index (χ4v) is 4.31. The minimum absolute atomic E-state index is 0.0685. The van der Waals surface area contributed by atoms with Gasteiger partial charge in [0.15, 0.2) is 0 Å². The van der Waals surface area contributed by atoms with Gasteiger partial charge in [0.2, 0.25) is 5.78 Å². The van der Waals surface area contributed by atoms with Crippen LogP contribution in [0.25, 0.3) is 0 Å². The number of ketones is 1. The van der Waals surface area contributed by atoms with E-state index in [1.54, 1.807) is 7.11 Å². The van der Waals surface area contributed by atoms with E-state index in [-0.39, 0.29) is 11.8 Å². The summed E-state index contributed by atoms with van der Waals surface area (Å²) < 4.78 is 12.4. The Labute approximate surface area is 183 Å². The third-order valence-electron chi connectivity index (χ3n) is 5.46. The highest BCUT2D eigenvalue weighted by Crippen LogP contribution is 2.44. The van der Waals surface area contributed by atoms with E-state index in [2.05, 4.69) is 15.9 Å². The standard InChI is InChI=1S/C24H19BrN2O3/c1-29-18-10-7-15(8-11-18)20-14-21-19-13-17(25)9-12-22(19)30-24(27(21)26-20)23(28)16-5-3-2-4-6-16/h2-13,21,24H,14H2,1H3/t21-,24-/m0/s1. The Balaban J connectivity index is 1.56. The second-order valence-corrected chi connectivity index (χ2v) is 8.17. The van der Waals surface area contributed by atoms with Gasteiger partial charge < -0.3 is 9.47 Å². The molecule has 6 heteroatoms. The fraction of sp³-hybridized carbons (Fsp3) is 0.167. The van der Waals surface area contributed by atoms with Crippen LogP contribution >= 0.6 is 15.9 Å². The molecule has 0 amide bonds. The summed E-state index contributed by atoms with van der Waals surface area (Å²) in [5.74, 6) is 1.42. The van der Waals surface area contributed by atoms with Crippen LogP contribution in [0, 0.1) is 0 Å². The Bertz CT molecular complexity index is 1130. The van der Waals surface area contributed by atoms with Crippen LogP contribution in [0.2, 0.25) is 0 Å². The highest BCUT2D eigenvalue weighted by molar-refractivity contribution is 9.10. The average molecular weight is 463 g/mol. The summed E-state index contributed by atoms with van der Waals surface area (Å²) in [5, 5.41) is 6.65. The molecule has 0 aliphatic carbocycles. The van der Waals surface area contributed by atoms with Gasteiger partial charge in [-0.15, -0.1) is 0 Å². The molecule has 0 bridgehead atoms. The number of ether oxygens (including phenoxy) is 2. The van der Waals surface area contributed by atoms with E-state index in [1.165, 1.54) is 0 Å². The first-order valence-electron chi connectivity index (χ1n) is 9.69. The molecule has 5 nitrogen and oxygen atoms in total. The maximum Gasteiger partial charge on any atom is 0.251 e. The predicted octanol–water partition coefficient (Wildman–Crippen LogP) is 5.21. The van der Waals surface area contributed by atoms with Gasteiger partial charge in [-0.2, -0.15) is 5.10 Å². The van der Waals surface area contributed by atoms with Gasteiger partial charge in [-0.05, 0) is 48.0 Å². The second-order valence-electron chi connectivity index (χ2n) is 7.26. The van der Waals surface area contributed by atoms with Crippen LogP contribution in [0.4, 0.5) is 0 Å². The largest absolute Gasteiger partial charge is 0.497 e. The number of carbonyl (C=O) groups excluding carboxylic acids is 1. The second kappa shape index (κ2) is 7.61. The maximum absolute atomic E-state index is 13.3. The highest BCUT2D eigenvalue weighted by Gasteiger charge is 2.43. The average Bonchev–Trinajstić information content (AvgIpc) is 3.24. The SMILES string of the molecule is COc1ccc(C2=NN3[C@H](C(=O)c4ccccc4)Oc4ccc(Br)cc4[C@@H]3C2)cc1. The van der Waals surface area contributed by atoms with Crippen molar-refractivity contribution in [2.24, 2.45) is 5.10 Å². The summed E-state index contributed by atoms with van der Waals surface area (Å²) in [6.45, 7) is 0. The van der Waals surface area contributed by atoms with Crippen LogP contribution in [-0.4, -0.2) is 29.8 Å². The van der Waals surface area contributed by atoms with E-state index in [9.17, 15) is 4.79 Å². The lowest BCUT2D eigenvalue weighted by Gasteiger charge is -2.37. The number of benzene rings is 3. The molecular formula is C24H19BrN2O3. The van der Waals surface area contributed by atoms with Gasteiger partial charge in [0, 0.05) is 22.0 Å². The Hall–Kier alpha value is -3.12. The molecule has 2 atom stereocenters. The Morgan fingerprint density at radius 3 is 2.60 bits per heavy atom. The molecule has 0 saturated carbocycles. The van der Waals surface area contributed by atoms with Crippen molar-refractivity contribution in [2.75, 3.05) is 7.11 Å². The zero-order chi connectivity index (χ0) is 20.7. The van der Waals surface area contributed by atoms with Gasteiger partial charge in [-0.1, -0.05) is 46.3 Å². The molecule has 0 aromatic heterocycles. The van der Waals surface area contributed by atoms with Gasteiger partial charge in [0.1, 0.15) is 11.5 Å².